The third-order valence-corrected chi connectivity index (χ3v) is 3.63. The summed E-state index contributed by atoms with van der Waals surface area (Å²) in [6.45, 7) is 4.57. The predicted octanol–water partition coefficient (Wildman–Crippen LogP) is 5.14. The zero-order chi connectivity index (χ0) is 13.0. The Balaban J connectivity index is 2.27. The number of unbranched alkanes of at least 4 members (excludes halogenated alkanes) is 1. The molecule has 0 saturated carbocycles. The zero-order valence-electron chi connectivity index (χ0n) is 11.6. The molecule has 0 fully saturated rings. The summed E-state index contributed by atoms with van der Waals surface area (Å²) in [5, 5.41) is 2.55. The molecule has 1 nitrogen and oxygen atoms in total. The molecule has 0 radical (unpaired) electrons. The van der Waals surface area contributed by atoms with Crippen molar-refractivity contribution in [1.82, 2.24) is 0 Å². The Morgan fingerprint density at radius 3 is 2.50 bits per heavy atom. The van der Waals surface area contributed by atoms with Gasteiger partial charge in [0.2, 0.25) is 0 Å². The van der Waals surface area contributed by atoms with Crippen LogP contribution >= 0.6 is 0 Å². The number of rotatable bonds is 5. The van der Waals surface area contributed by atoms with Gasteiger partial charge in [0.25, 0.3) is 0 Å². The normalized spacial score (nSPS) is 12.6. The maximum Gasteiger partial charge on any atom is 0.119 e. The van der Waals surface area contributed by atoms with Gasteiger partial charge in [-0.05, 0) is 40.8 Å². The molecule has 1 unspecified atom stereocenters. The monoisotopic (exact) mass is 242 g/mol. The molecule has 0 aliphatic rings. The Labute approximate surface area is 110 Å². The van der Waals surface area contributed by atoms with Gasteiger partial charge < -0.3 is 4.74 Å². The lowest BCUT2D eigenvalue weighted by molar-refractivity contribution is 0.415. The average molecular weight is 242 g/mol. The number of methoxy groups -OCH3 is 1. The minimum absolute atomic E-state index is 0.649. The van der Waals surface area contributed by atoms with Gasteiger partial charge in [0.1, 0.15) is 5.75 Å². The first-order chi connectivity index (χ1) is 8.74. The maximum atomic E-state index is 5.25. The number of benzene rings is 2. The third-order valence-electron chi connectivity index (χ3n) is 3.63. The maximum absolute atomic E-state index is 5.25. The van der Waals surface area contributed by atoms with Crippen molar-refractivity contribution in [2.24, 2.45) is 0 Å². The van der Waals surface area contributed by atoms with Crippen molar-refractivity contribution in [3.8, 4) is 5.75 Å². The van der Waals surface area contributed by atoms with Gasteiger partial charge in [0.05, 0.1) is 7.11 Å². The molecule has 1 heteroatoms. The number of ether oxygens (including phenoxy) is 1. The van der Waals surface area contributed by atoms with Crippen LogP contribution in [0.5, 0.6) is 5.75 Å². The Morgan fingerprint density at radius 1 is 1.06 bits per heavy atom. The quantitative estimate of drug-likeness (QED) is 0.705. The molecule has 2 aromatic carbocycles. The first-order valence-electron chi connectivity index (χ1n) is 6.82. The Kier molecular flexibility index (Phi) is 4.24. The summed E-state index contributed by atoms with van der Waals surface area (Å²) < 4.78 is 5.25. The summed E-state index contributed by atoms with van der Waals surface area (Å²) in [5.74, 6) is 1.57. The van der Waals surface area contributed by atoms with Gasteiger partial charge >= 0.3 is 0 Å². The lowest BCUT2D eigenvalue weighted by Crippen LogP contribution is -1.93. The van der Waals surface area contributed by atoms with Crippen molar-refractivity contribution < 1.29 is 4.74 Å². The molecule has 1 atom stereocenters. The van der Waals surface area contributed by atoms with Gasteiger partial charge in [0.15, 0.2) is 0 Å². The van der Waals surface area contributed by atoms with Crippen LogP contribution in [0.3, 0.4) is 0 Å². The van der Waals surface area contributed by atoms with Crippen LogP contribution in [0.4, 0.5) is 0 Å². The summed E-state index contributed by atoms with van der Waals surface area (Å²) in [4.78, 5) is 0. The van der Waals surface area contributed by atoms with Crippen LogP contribution in [0.1, 0.15) is 44.6 Å². The highest BCUT2D eigenvalue weighted by molar-refractivity contribution is 5.84. The van der Waals surface area contributed by atoms with Crippen molar-refractivity contribution in [1.29, 1.82) is 0 Å². The topological polar surface area (TPSA) is 9.23 Å². The highest BCUT2D eigenvalue weighted by Crippen LogP contribution is 2.27. The fourth-order valence-electron chi connectivity index (χ4n) is 2.35. The van der Waals surface area contributed by atoms with E-state index in [4.69, 9.17) is 4.74 Å². The third kappa shape index (κ3) is 2.84. The largest absolute Gasteiger partial charge is 0.497 e. The smallest absolute Gasteiger partial charge is 0.119 e. The van der Waals surface area contributed by atoms with Gasteiger partial charge in [-0.25, -0.2) is 0 Å². The highest BCUT2D eigenvalue weighted by Gasteiger charge is 2.06. The van der Waals surface area contributed by atoms with E-state index in [0.29, 0.717) is 5.92 Å². The standard InChI is InChI=1S/C17H22O/c1-4-5-6-13(2)14-7-8-16-12-17(18-3)10-9-15(16)11-14/h7-13H,4-6H2,1-3H3. The van der Waals surface area contributed by atoms with Gasteiger partial charge in [-0.1, -0.05) is 51.0 Å². The summed E-state index contributed by atoms with van der Waals surface area (Å²) >= 11 is 0. The average Bonchev–Trinajstić information content (AvgIpc) is 2.43. The molecule has 0 bridgehead atoms. The van der Waals surface area contributed by atoms with Crippen molar-refractivity contribution >= 4 is 10.8 Å². The van der Waals surface area contributed by atoms with Gasteiger partial charge in [-0.3, -0.25) is 0 Å². The zero-order valence-corrected chi connectivity index (χ0v) is 11.6. The van der Waals surface area contributed by atoms with E-state index in [2.05, 4.69) is 44.2 Å². The predicted molar refractivity (Wildman–Crippen MR) is 78.4 cm³/mol. The molecule has 0 amide bonds. The van der Waals surface area contributed by atoms with Crippen LogP contribution in [0.15, 0.2) is 36.4 Å². The highest BCUT2D eigenvalue weighted by atomic mass is 16.5. The Bertz CT molecular complexity index is 516. The molecule has 0 N–H and O–H groups in total. The molecule has 2 rings (SSSR count). The van der Waals surface area contributed by atoms with Crippen LogP contribution in [-0.4, -0.2) is 7.11 Å². The minimum Gasteiger partial charge on any atom is -0.497 e. The van der Waals surface area contributed by atoms with Crippen LogP contribution in [0.2, 0.25) is 0 Å². The molecule has 96 valence electrons. The van der Waals surface area contributed by atoms with E-state index in [1.807, 2.05) is 6.07 Å². The fraction of sp³-hybridized carbons (Fsp3) is 0.412. The van der Waals surface area contributed by atoms with E-state index in [1.54, 1.807) is 7.11 Å². The fourth-order valence-corrected chi connectivity index (χ4v) is 2.35. The summed E-state index contributed by atoms with van der Waals surface area (Å²) in [5.41, 5.74) is 1.45. The molecule has 0 aliphatic carbocycles. The first kappa shape index (κ1) is 12.9. The van der Waals surface area contributed by atoms with Gasteiger partial charge in [-0.15, -0.1) is 0 Å². The summed E-state index contributed by atoms with van der Waals surface area (Å²) in [6.07, 6.45) is 3.86. The van der Waals surface area contributed by atoms with E-state index in [-0.39, 0.29) is 0 Å². The molecule has 18 heavy (non-hydrogen) atoms. The van der Waals surface area contributed by atoms with Crippen LogP contribution < -0.4 is 4.74 Å². The molecule has 0 aromatic heterocycles. The second-order valence-corrected chi connectivity index (χ2v) is 5.02. The molecule has 2 aromatic rings. The summed E-state index contributed by atoms with van der Waals surface area (Å²) in [7, 11) is 1.71. The van der Waals surface area contributed by atoms with Crippen molar-refractivity contribution in [2.45, 2.75) is 39.0 Å². The number of fused-ring (bicyclic) bond motifs is 1. The minimum atomic E-state index is 0.649. The first-order valence-corrected chi connectivity index (χ1v) is 6.82. The molecule has 0 spiro atoms. The van der Waals surface area contributed by atoms with Gasteiger partial charge in [0, 0.05) is 0 Å². The van der Waals surface area contributed by atoms with Crippen LogP contribution in [-0.2, 0) is 0 Å². The van der Waals surface area contributed by atoms with Gasteiger partial charge in [-0.2, -0.15) is 0 Å². The van der Waals surface area contributed by atoms with E-state index >= 15 is 0 Å². The Morgan fingerprint density at radius 2 is 1.78 bits per heavy atom. The SMILES string of the molecule is CCCCC(C)c1ccc2cc(OC)ccc2c1. The second-order valence-electron chi connectivity index (χ2n) is 5.02. The second kappa shape index (κ2) is 5.90. The molecule has 0 aliphatic heterocycles. The van der Waals surface area contributed by atoms with E-state index in [0.717, 1.165) is 5.75 Å². The lowest BCUT2D eigenvalue weighted by Gasteiger charge is -2.12. The Hall–Kier alpha value is -1.50. The molecular formula is C17H22O. The number of hydrogen-bond donors (Lipinski definition) is 0. The van der Waals surface area contributed by atoms with Crippen molar-refractivity contribution in [3.05, 3.63) is 42.0 Å². The van der Waals surface area contributed by atoms with Crippen molar-refractivity contribution in [3.63, 3.8) is 0 Å². The van der Waals surface area contributed by atoms with Crippen LogP contribution in [0.25, 0.3) is 10.8 Å². The van der Waals surface area contributed by atoms with Crippen molar-refractivity contribution in [2.75, 3.05) is 7.11 Å². The molecular weight excluding hydrogens is 220 g/mol. The lowest BCUT2D eigenvalue weighted by atomic mass is 9.93. The molecule has 0 saturated heterocycles. The van der Waals surface area contributed by atoms with Crippen LogP contribution in [0, 0.1) is 0 Å². The number of hydrogen-bond acceptors (Lipinski definition) is 1. The summed E-state index contributed by atoms with van der Waals surface area (Å²) in [6, 6.07) is 13.0. The van der Waals surface area contributed by atoms with E-state index in [9.17, 15) is 0 Å². The van der Waals surface area contributed by atoms with E-state index < -0.39 is 0 Å². The molecule has 0 heterocycles. The van der Waals surface area contributed by atoms with E-state index in [1.165, 1.54) is 35.6 Å².